The predicted molar refractivity (Wildman–Crippen MR) is 73.9 cm³/mol. The normalized spacial score (nSPS) is 13.3. The number of pyridine rings is 1. The molecule has 10 heteroatoms. The maximum atomic E-state index is 13.5. The van der Waals surface area contributed by atoms with Crippen LogP contribution in [-0.4, -0.2) is 4.98 Å². The van der Waals surface area contributed by atoms with Gasteiger partial charge in [0.2, 0.25) is 0 Å². The van der Waals surface area contributed by atoms with E-state index in [9.17, 15) is 30.7 Å². The topological polar surface area (TPSA) is 38.9 Å². The highest BCUT2D eigenvalue weighted by Crippen LogP contribution is 2.36. The molecule has 1 atom stereocenters. The third-order valence-electron chi connectivity index (χ3n) is 3.10. The quantitative estimate of drug-likeness (QED) is 0.772. The minimum atomic E-state index is -4.91. The van der Waals surface area contributed by atoms with Gasteiger partial charge in [-0.1, -0.05) is 6.07 Å². The second-order valence-corrected chi connectivity index (χ2v) is 4.65. The molecule has 1 heterocycles. The Hall–Kier alpha value is -1.87. The molecular weight excluding hydrogens is 365 g/mol. The van der Waals surface area contributed by atoms with Crippen molar-refractivity contribution in [3.8, 4) is 0 Å². The first-order valence-corrected chi connectivity index (χ1v) is 6.16. The minimum absolute atomic E-state index is 0. The highest BCUT2D eigenvalue weighted by atomic mass is 35.5. The molecule has 0 aliphatic carbocycles. The predicted octanol–water partition coefficient (Wildman–Crippen LogP) is 4.73. The smallest absolute Gasteiger partial charge is 0.319 e. The third-order valence-corrected chi connectivity index (χ3v) is 3.10. The van der Waals surface area contributed by atoms with Crippen molar-refractivity contribution in [1.82, 2.24) is 4.98 Å². The van der Waals surface area contributed by atoms with E-state index in [4.69, 9.17) is 5.73 Å². The van der Waals surface area contributed by atoms with Crippen LogP contribution >= 0.6 is 12.4 Å². The Kier molecular flexibility index (Phi) is 5.83. The van der Waals surface area contributed by atoms with Gasteiger partial charge in [-0.15, -0.1) is 12.4 Å². The average molecular weight is 375 g/mol. The van der Waals surface area contributed by atoms with Crippen LogP contribution in [0.15, 0.2) is 36.5 Å². The van der Waals surface area contributed by atoms with Crippen LogP contribution in [0.2, 0.25) is 0 Å². The van der Waals surface area contributed by atoms with E-state index in [0.717, 1.165) is 24.4 Å². The fraction of sp³-hybridized carbons (Fsp3) is 0.214. The maximum absolute atomic E-state index is 13.5. The van der Waals surface area contributed by atoms with Crippen molar-refractivity contribution < 1.29 is 30.7 Å². The largest absolute Gasteiger partial charge is 0.419 e. The zero-order valence-electron chi connectivity index (χ0n) is 11.6. The lowest BCUT2D eigenvalue weighted by atomic mass is 9.98. The minimum Gasteiger partial charge on any atom is -0.319 e. The molecule has 0 amide bonds. The highest BCUT2D eigenvalue weighted by molar-refractivity contribution is 5.85. The van der Waals surface area contributed by atoms with Crippen LogP contribution in [0.25, 0.3) is 0 Å². The van der Waals surface area contributed by atoms with Gasteiger partial charge in [0.15, 0.2) is 0 Å². The van der Waals surface area contributed by atoms with Crippen molar-refractivity contribution in [2.45, 2.75) is 18.4 Å². The molecule has 1 aromatic heterocycles. The third kappa shape index (κ3) is 4.15. The molecule has 0 bridgehead atoms. The number of alkyl halides is 6. The number of hydrogen-bond donors (Lipinski definition) is 1. The van der Waals surface area contributed by atoms with E-state index in [1.54, 1.807) is 0 Å². The van der Waals surface area contributed by atoms with E-state index in [2.05, 4.69) is 4.98 Å². The second-order valence-electron chi connectivity index (χ2n) is 4.65. The van der Waals surface area contributed by atoms with Gasteiger partial charge in [-0.3, -0.25) is 4.98 Å². The van der Waals surface area contributed by atoms with Gasteiger partial charge < -0.3 is 5.73 Å². The van der Waals surface area contributed by atoms with Crippen molar-refractivity contribution in [3.05, 3.63) is 64.7 Å². The van der Waals surface area contributed by atoms with E-state index < -0.39 is 41.0 Å². The van der Waals surface area contributed by atoms with Crippen molar-refractivity contribution in [2.75, 3.05) is 0 Å². The number of nitrogens with two attached hydrogens (primary N) is 1. The fourth-order valence-corrected chi connectivity index (χ4v) is 2.02. The van der Waals surface area contributed by atoms with Gasteiger partial charge in [0, 0.05) is 6.20 Å². The molecule has 1 aromatic carbocycles. The van der Waals surface area contributed by atoms with Crippen LogP contribution < -0.4 is 5.73 Å². The Labute approximate surface area is 137 Å². The highest BCUT2D eigenvalue weighted by Gasteiger charge is 2.37. The van der Waals surface area contributed by atoms with Crippen molar-refractivity contribution >= 4 is 12.4 Å². The fourth-order valence-electron chi connectivity index (χ4n) is 2.02. The van der Waals surface area contributed by atoms with Crippen molar-refractivity contribution in [2.24, 2.45) is 5.73 Å². The molecule has 2 nitrogen and oxygen atoms in total. The lowest BCUT2D eigenvalue weighted by molar-refractivity contribution is -0.140. The molecule has 0 spiro atoms. The van der Waals surface area contributed by atoms with Gasteiger partial charge in [0.25, 0.3) is 0 Å². The number of nitrogens with zero attached hydrogens (tertiary/aromatic N) is 1. The summed E-state index contributed by atoms with van der Waals surface area (Å²) in [4.78, 5) is 3.53. The molecule has 0 saturated carbocycles. The summed E-state index contributed by atoms with van der Waals surface area (Å²) < 4.78 is 89.7. The zero-order chi connectivity index (χ0) is 17.4. The van der Waals surface area contributed by atoms with E-state index in [-0.39, 0.29) is 18.0 Å². The molecule has 0 aliphatic rings. The van der Waals surface area contributed by atoms with E-state index in [1.165, 1.54) is 0 Å². The lowest BCUT2D eigenvalue weighted by Crippen LogP contribution is -2.20. The van der Waals surface area contributed by atoms with E-state index >= 15 is 0 Å². The molecule has 2 rings (SSSR count). The van der Waals surface area contributed by atoms with E-state index in [0.29, 0.717) is 12.1 Å². The Morgan fingerprint density at radius 3 is 2.00 bits per heavy atom. The summed E-state index contributed by atoms with van der Waals surface area (Å²) in [7, 11) is 0. The molecule has 132 valence electrons. The summed E-state index contributed by atoms with van der Waals surface area (Å²) >= 11 is 0. The summed E-state index contributed by atoms with van der Waals surface area (Å²) in [5.74, 6) is -1.62. The Bertz CT molecular complexity index is 713. The monoisotopic (exact) mass is 374 g/mol. The summed E-state index contributed by atoms with van der Waals surface area (Å²) in [6.07, 6.45) is -8.59. The van der Waals surface area contributed by atoms with Gasteiger partial charge in [0.05, 0.1) is 22.9 Å². The lowest BCUT2D eigenvalue weighted by Gasteiger charge is -2.18. The first kappa shape index (κ1) is 20.2. The molecule has 0 radical (unpaired) electrons. The molecule has 0 saturated heterocycles. The van der Waals surface area contributed by atoms with Gasteiger partial charge in [-0.2, -0.15) is 26.3 Å². The zero-order valence-corrected chi connectivity index (χ0v) is 12.4. The van der Waals surface area contributed by atoms with Gasteiger partial charge in [0.1, 0.15) is 5.82 Å². The van der Waals surface area contributed by atoms with Gasteiger partial charge >= 0.3 is 12.4 Å². The van der Waals surface area contributed by atoms with Crippen LogP contribution in [0.3, 0.4) is 0 Å². The van der Waals surface area contributed by atoms with Crippen LogP contribution in [0.1, 0.15) is 28.4 Å². The molecule has 24 heavy (non-hydrogen) atoms. The van der Waals surface area contributed by atoms with Crippen LogP contribution in [0.4, 0.5) is 30.7 Å². The number of benzene rings is 1. The summed E-state index contributed by atoms with van der Waals surface area (Å²) in [6, 6.07) is 1.98. The van der Waals surface area contributed by atoms with Gasteiger partial charge in [-0.25, -0.2) is 4.39 Å². The summed E-state index contributed by atoms with van der Waals surface area (Å²) in [5, 5.41) is 0. The van der Waals surface area contributed by atoms with Gasteiger partial charge in [-0.05, 0) is 29.8 Å². The molecule has 0 unspecified atom stereocenters. The standard InChI is InChI=1S/C14H9F7N2.ClH/c15-10-6-7(3-4-8(10)13(16,17)18)11(22)12-9(14(19,20)21)2-1-5-23-12;/h1-6,11H,22H2;1H/t11-;/m0./s1. The number of hydrogen-bond acceptors (Lipinski definition) is 2. The van der Waals surface area contributed by atoms with Crippen LogP contribution in [0.5, 0.6) is 0 Å². The Morgan fingerprint density at radius 1 is 0.917 bits per heavy atom. The molecular formula is C14H10ClF7N2. The van der Waals surface area contributed by atoms with Crippen LogP contribution in [-0.2, 0) is 12.4 Å². The first-order chi connectivity index (χ1) is 10.5. The molecule has 2 N–H and O–H groups in total. The SMILES string of the molecule is Cl.N[C@@H](c1ccc(C(F)(F)F)c(F)c1)c1ncccc1C(F)(F)F. The number of rotatable bonds is 2. The Morgan fingerprint density at radius 2 is 1.50 bits per heavy atom. The van der Waals surface area contributed by atoms with Crippen LogP contribution in [0, 0.1) is 5.82 Å². The maximum Gasteiger partial charge on any atom is 0.419 e. The first-order valence-electron chi connectivity index (χ1n) is 6.16. The molecule has 0 fully saturated rings. The molecule has 0 aliphatic heterocycles. The second kappa shape index (κ2) is 6.94. The van der Waals surface area contributed by atoms with E-state index in [1.807, 2.05) is 0 Å². The molecule has 2 aromatic rings. The average Bonchev–Trinajstić information content (AvgIpc) is 2.44. The van der Waals surface area contributed by atoms with Crippen molar-refractivity contribution in [3.63, 3.8) is 0 Å². The summed E-state index contributed by atoms with van der Waals surface area (Å²) in [5.41, 5.74) is 2.13. The van der Waals surface area contributed by atoms with Crippen molar-refractivity contribution in [1.29, 1.82) is 0 Å². The number of halogens is 8. The Balaban J connectivity index is 0.00000288. The summed E-state index contributed by atoms with van der Waals surface area (Å²) in [6.45, 7) is 0. The number of aromatic nitrogens is 1.